The lowest BCUT2D eigenvalue weighted by atomic mass is 10.1. The molecule has 2 aromatic carbocycles. The minimum absolute atomic E-state index is 0.0299. The van der Waals surface area contributed by atoms with Crippen molar-refractivity contribution in [1.29, 1.82) is 0 Å². The summed E-state index contributed by atoms with van der Waals surface area (Å²) in [6.45, 7) is 1.59. The van der Waals surface area contributed by atoms with Crippen molar-refractivity contribution in [3.63, 3.8) is 0 Å². The van der Waals surface area contributed by atoms with Crippen molar-refractivity contribution in [1.82, 2.24) is 19.9 Å². The van der Waals surface area contributed by atoms with E-state index < -0.39 is 53.8 Å². The van der Waals surface area contributed by atoms with Crippen LogP contribution in [0.5, 0.6) is 0 Å². The van der Waals surface area contributed by atoms with Gasteiger partial charge in [0.1, 0.15) is 10.7 Å². The number of fused-ring (bicyclic) bond motifs is 3. The number of piperazine rings is 1. The van der Waals surface area contributed by atoms with Crippen LogP contribution in [0.15, 0.2) is 53.6 Å². The molecule has 8 rings (SSSR count). The Morgan fingerprint density at radius 3 is 2.33 bits per heavy atom. The Morgan fingerprint density at radius 1 is 0.961 bits per heavy atom. The van der Waals surface area contributed by atoms with E-state index in [9.17, 15) is 34.4 Å². The summed E-state index contributed by atoms with van der Waals surface area (Å²) < 4.78 is 124. The second kappa shape index (κ2) is 12.1. The summed E-state index contributed by atoms with van der Waals surface area (Å²) in [7, 11) is -6.29. The van der Waals surface area contributed by atoms with Gasteiger partial charge in [0.05, 0.1) is 39.0 Å². The zero-order valence-corrected chi connectivity index (χ0v) is 29.2. The Labute approximate surface area is 293 Å². The number of aromatic nitrogens is 3. The standard InChI is InChI=1S/C32H30F5N7O4S3/c1-43-12-16-8-9-17(13-43)44(16)31-41-27(28(49-31)24-10-11-38-30(39-24)40-26-19-14-50(45,46)15-20(19)26)18-4-2-7-23(25(18)34)42-51(47,48)29-21(32(35,36)37)5-3-6-22(29)33/h2-7,10-11,16-17,19-20,26,42H,8-9,12-15H2,1H3,(H,38,39,40)/t16?,17?,19-,20-/m0/s1. The number of sulfone groups is 1. The zero-order valence-electron chi connectivity index (χ0n) is 26.7. The van der Waals surface area contributed by atoms with Crippen molar-refractivity contribution in [2.75, 3.05) is 46.6 Å². The first-order valence-corrected chi connectivity index (χ1v) is 20.2. The first kappa shape index (κ1) is 34.2. The van der Waals surface area contributed by atoms with E-state index in [0.717, 1.165) is 38.1 Å². The third-order valence-corrected chi connectivity index (χ3v) is 14.3. The number of likely N-dealkylation sites (N-methyl/N-ethyl adjacent to an activating group) is 1. The highest BCUT2D eigenvalue weighted by molar-refractivity contribution is 7.92. The molecular formula is C32H30F5N7O4S3. The molecule has 51 heavy (non-hydrogen) atoms. The van der Waals surface area contributed by atoms with Crippen LogP contribution in [0.2, 0.25) is 0 Å². The molecule has 2 aromatic heterocycles. The van der Waals surface area contributed by atoms with Crippen molar-refractivity contribution in [3.8, 4) is 21.8 Å². The van der Waals surface area contributed by atoms with Crippen LogP contribution in [-0.2, 0) is 26.0 Å². The lowest BCUT2D eigenvalue weighted by Gasteiger charge is -2.39. The molecule has 2 N–H and O–H groups in total. The van der Waals surface area contributed by atoms with Gasteiger partial charge in [0.25, 0.3) is 10.0 Å². The maximum Gasteiger partial charge on any atom is 0.417 e. The molecule has 19 heteroatoms. The summed E-state index contributed by atoms with van der Waals surface area (Å²) >= 11 is 1.27. The number of hydrogen-bond acceptors (Lipinski definition) is 11. The summed E-state index contributed by atoms with van der Waals surface area (Å²) in [6, 6.07) is 7.27. The molecular weight excluding hydrogens is 738 g/mol. The fourth-order valence-electron chi connectivity index (χ4n) is 7.67. The van der Waals surface area contributed by atoms with Gasteiger partial charge in [-0.05, 0) is 62.1 Å². The summed E-state index contributed by atoms with van der Waals surface area (Å²) in [5.41, 5.74) is -2.10. The van der Waals surface area contributed by atoms with Gasteiger partial charge in [0.15, 0.2) is 20.8 Å². The number of likely N-dealkylation sites (tertiary alicyclic amines) is 1. The second-order valence-corrected chi connectivity index (χ2v) is 18.2. The first-order valence-electron chi connectivity index (χ1n) is 16.0. The van der Waals surface area contributed by atoms with Crippen LogP contribution in [0.1, 0.15) is 18.4 Å². The lowest BCUT2D eigenvalue weighted by Crippen LogP contribution is -2.52. The Morgan fingerprint density at radius 2 is 1.65 bits per heavy atom. The van der Waals surface area contributed by atoms with E-state index in [2.05, 4.69) is 25.1 Å². The fourth-order valence-corrected chi connectivity index (χ4v) is 12.4. The predicted octanol–water partition coefficient (Wildman–Crippen LogP) is 5.10. The lowest BCUT2D eigenvalue weighted by molar-refractivity contribution is -0.140. The van der Waals surface area contributed by atoms with E-state index >= 15 is 4.39 Å². The molecule has 11 nitrogen and oxygen atoms in total. The number of rotatable bonds is 8. The Kier molecular flexibility index (Phi) is 8.08. The first-order chi connectivity index (χ1) is 24.1. The maximum absolute atomic E-state index is 16.5. The number of benzene rings is 2. The van der Waals surface area contributed by atoms with Crippen molar-refractivity contribution in [3.05, 3.63) is 65.9 Å². The molecule has 4 fully saturated rings. The summed E-state index contributed by atoms with van der Waals surface area (Å²) in [6.07, 6.45) is -1.83. The van der Waals surface area contributed by atoms with Gasteiger partial charge in [0.2, 0.25) is 5.95 Å². The number of halogens is 5. The number of thiazole rings is 1. The summed E-state index contributed by atoms with van der Waals surface area (Å²) in [5.74, 6) is -2.40. The minimum atomic E-state index is -5.27. The molecule has 2 unspecified atom stereocenters. The van der Waals surface area contributed by atoms with Crippen LogP contribution in [-0.4, -0.2) is 86.5 Å². The van der Waals surface area contributed by atoms with Gasteiger partial charge in [-0.15, -0.1) is 0 Å². The molecule has 0 amide bonds. The van der Waals surface area contributed by atoms with Gasteiger partial charge >= 0.3 is 6.18 Å². The molecule has 270 valence electrons. The van der Waals surface area contributed by atoms with E-state index in [-0.39, 0.29) is 58.7 Å². The Bertz CT molecular complexity index is 2240. The van der Waals surface area contributed by atoms with Crippen molar-refractivity contribution in [2.45, 2.75) is 42.0 Å². The highest BCUT2D eigenvalue weighted by Gasteiger charge is 2.59. The van der Waals surface area contributed by atoms with Crippen LogP contribution in [0.3, 0.4) is 0 Å². The molecule has 4 aliphatic rings. The molecule has 0 spiro atoms. The van der Waals surface area contributed by atoms with Crippen molar-refractivity contribution >= 4 is 48.0 Å². The third kappa shape index (κ3) is 6.20. The van der Waals surface area contributed by atoms with Gasteiger partial charge in [0, 0.05) is 43.0 Å². The molecule has 4 atom stereocenters. The Balaban J connectivity index is 1.18. The quantitative estimate of drug-likeness (QED) is 0.233. The highest BCUT2D eigenvalue weighted by Crippen LogP contribution is 2.49. The molecule has 1 aliphatic carbocycles. The summed E-state index contributed by atoms with van der Waals surface area (Å²) in [4.78, 5) is 17.1. The van der Waals surface area contributed by atoms with Gasteiger partial charge in [-0.3, -0.25) is 4.72 Å². The number of nitrogens with one attached hydrogen (secondary N) is 2. The Hall–Kier alpha value is -3.94. The van der Waals surface area contributed by atoms with E-state index in [4.69, 9.17) is 4.98 Å². The van der Waals surface area contributed by atoms with Crippen LogP contribution in [0, 0.1) is 23.5 Å². The molecule has 2 bridgehead atoms. The van der Waals surface area contributed by atoms with E-state index in [1.165, 1.54) is 29.7 Å². The predicted molar refractivity (Wildman–Crippen MR) is 181 cm³/mol. The highest BCUT2D eigenvalue weighted by atomic mass is 32.2. The average Bonchev–Trinajstić information content (AvgIpc) is 3.35. The largest absolute Gasteiger partial charge is 0.417 e. The average molecular weight is 768 g/mol. The van der Waals surface area contributed by atoms with Crippen molar-refractivity contribution < 1.29 is 38.8 Å². The molecule has 3 aliphatic heterocycles. The van der Waals surface area contributed by atoms with Gasteiger partial charge in [-0.25, -0.2) is 40.6 Å². The molecule has 3 saturated heterocycles. The van der Waals surface area contributed by atoms with Gasteiger partial charge in [-0.1, -0.05) is 23.5 Å². The van der Waals surface area contributed by atoms with Crippen LogP contribution in [0.4, 0.5) is 38.7 Å². The van der Waals surface area contributed by atoms with Crippen LogP contribution in [0.25, 0.3) is 21.8 Å². The molecule has 5 heterocycles. The molecule has 0 radical (unpaired) electrons. The monoisotopic (exact) mass is 767 g/mol. The van der Waals surface area contributed by atoms with E-state index in [0.29, 0.717) is 27.8 Å². The van der Waals surface area contributed by atoms with E-state index in [1.807, 2.05) is 11.8 Å². The number of sulfonamides is 1. The van der Waals surface area contributed by atoms with Crippen LogP contribution < -0.4 is 14.9 Å². The van der Waals surface area contributed by atoms with E-state index in [1.54, 1.807) is 6.07 Å². The SMILES string of the molecule is CN1CC2CCC(C1)N2c1nc(-c2cccc(NS(=O)(=O)c3c(F)cccc3C(F)(F)F)c2F)c(-c2ccnc(NC3[C@H]4CS(=O)(=O)C[C@H]34)n2)s1. The zero-order chi connectivity index (χ0) is 36.0. The number of nitrogens with zero attached hydrogens (tertiary/aromatic N) is 5. The molecule has 4 aromatic rings. The van der Waals surface area contributed by atoms with Gasteiger partial charge in [-0.2, -0.15) is 13.2 Å². The summed E-state index contributed by atoms with van der Waals surface area (Å²) in [5, 5.41) is 3.83. The third-order valence-electron chi connectivity index (χ3n) is 9.95. The second-order valence-electron chi connectivity index (χ2n) is 13.4. The number of alkyl halides is 3. The smallest absolute Gasteiger partial charge is 0.351 e. The van der Waals surface area contributed by atoms with Gasteiger partial charge < -0.3 is 15.1 Å². The fraction of sp³-hybridized carbons (Fsp3) is 0.406. The van der Waals surface area contributed by atoms with Crippen LogP contribution >= 0.6 is 11.3 Å². The normalized spacial score (nSPS) is 25.5. The topological polar surface area (TPSA) is 137 Å². The van der Waals surface area contributed by atoms with Crippen molar-refractivity contribution in [2.24, 2.45) is 11.8 Å². The minimum Gasteiger partial charge on any atom is -0.351 e. The maximum atomic E-state index is 16.5. The number of hydrogen-bond donors (Lipinski definition) is 2. The molecule has 1 saturated carbocycles. The number of anilines is 3.